The van der Waals surface area contributed by atoms with Crippen LogP contribution < -0.4 is 16.0 Å². The molecule has 0 bridgehead atoms. The minimum atomic E-state index is 0.614. The zero-order valence-electron chi connectivity index (χ0n) is 13.6. The number of guanidine groups is 1. The summed E-state index contributed by atoms with van der Waals surface area (Å²) in [6.07, 6.45) is 9.23. The minimum absolute atomic E-state index is 0.614. The molecule has 1 saturated carbocycles. The molecular formula is C17H29N5. The van der Waals surface area contributed by atoms with Crippen molar-refractivity contribution < 1.29 is 0 Å². The molecule has 1 heterocycles. The van der Waals surface area contributed by atoms with Gasteiger partial charge in [0.25, 0.3) is 0 Å². The first-order valence-electron chi connectivity index (χ1n) is 8.58. The van der Waals surface area contributed by atoms with Crippen LogP contribution in [0.15, 0.2) is 29.4 Å². The predicted molar refractivity (Wildman–Crippen MR) is 93.3 cm³/mol. The van der Waals surface area contributed by atoms with Crippen LogP contribution in [0.1, 0.15) is 45.4 Å². The van der Waals surface area contributed by atoms with E-state index in [1.807, 2.05) is 24.4 Å². The van der Waals surface area contributed by atoms with Crippen molar-refractivity contribution in [2.75, 3.05) is 25.0 Å². The zero-order chi connectivity index (χ0) is 15.5. The molecule has 3 N–H and O–H groups in total. The van der Waals surface area contributed by atoms with Crippen LogP contribution in [0.3, 0.4) is 0 Å². The highest BCUT2D eigenvalue weighted by atomic mass is 15.2. The summed E-state index contributed by atoms with van der Waals surface area (Å²) in [4.78, 5) is 8.92. The van der Waals surface area contributed by atoms with E-state index in [-0.39, 0.29) is 0 Å². The van der Waals surface area contributed by atoms with Crippen molar-refractivity contribution in [1.29, 1.82) is 0 Å². The highest BCUT2D eigenvalue weighted by molar-refractivity contribution is 5.80. The number of nitrogens with one attached hydrogen (secondary N) is 3. The van der Waals surface area contributed by atoms with Crippen LogP contribution in [0.5, 0.6) is 0 Å². The molecule has 0 unspecified atom stereocenters. The Bertz CT molecular complexity index is 426. The summed E-state index contributed by atoms with van der Waals surface area (Å²) in [7, 11) is 0. The molecule has 1 aromatic heterocycles. The maximum atomic E-state index is 4.67. The summed E-state index contributed by atoms with van der Waals surface area (Å²) in [5, 5.41) is 10.2. The van der Waals surface area contributed by atoms with Gasteiger partial charge in [0.2, 0.25) is 0 Å². The number of unbranched alkanes of at least 4 members (excludes halogenated alkanes) is 1. The molecule has 0 saturated heterocycles. The van der Waals surface area contributed by atoms with E-state index in [1.54, 1.807) is 0 Å². The average Bonchev–Trinajstić information content (AvgIpc) is 3.05. The molecule has 0 aromatic carbocycles. The van der Waals surface area contributed by atoms with Gasteiger partial charge in [0.05, 0.1) is 0 Å². The van der Waals surface area contributed by atoms with E-state index in [2.05, 4.69) is 32.9 Å². The third-order valence-electron chi connectivity index (χ3n) is 3.87. The van der Waals surface area contributed by atoms with Gasteiger partial charge in [-0.15, -0.1) is 0 Å². The Morgan fingerprint density at radius 1 is 1.27 bits per heavy atom. The fourth-order valence-electron chi connectivity index (χ4n) is 2.69. The number of aliphatic imine (C=N–C) groups is 1. The Kier molecular flexibility index (Phi) is 7.56. The lowest BCUT2D eigenvalue weighted by atomic mass is 10.2. The maximum absolute atomic E-state index is 4.67. The van der Waals surface area contributed by atoms with E-state index in [0.29, 0.717) is 6.04 Å². The highest BCUT2D eigenvalue weighted by Crippen LogP contribution is 2.17. The van der Waals surface area contributed by atoms with Gasteiger partial charge in [0.1, 0.15) is 5.82 Å². The van der Waals surface area contributed by atoms with Crippen molar-refractivity contribution in [3.8, 4) is 0 Å². The van der Waals surface area contributed by atoms with E-state index in [1.165, 1.54) is 25.7 Å². The molecule has 0 aliphatic heterocycles. The molecule has 0 amide bonds. The summed E-state index contributed by atoms with van der Waals surface area (Å²) >= 11 is 0. The molecule has 0 radical (unpaired) electrons. The molecule has 0 spiro atoms. The molecule has 122 valence electrons. The maximum Gasteiger partial charge on any atom is 0.191 e. The Morgan fingerprint density at radius 2 is 2.14 bits per heavy atom. The first-order chi connectivity index (χ1) is 10.9. The highest BCUT2D eigenvalue weighted by Gasteiger charge is 2.15. The monoisotopic (exact) mass is 303 g/mol. The molecule has 1 aliphatic carbocycles. The number of pyridine rings is 1. The summed E-state index contributed by atoms with van der Waals surface area (Å²) < 4.78 is 0. The normalized spacial score (nSPS) is 15.8. The fraction of sp³-hybridized carbons (Fsp3) is 0.647. The molecular weight excluding hydrogens is 274 g/mol. The lowest BCUT2D eigenvalue weighted by molar-refractivity contribution is 0.612. The van der Waals surface area contributed by atoms with Crippen LogP contribution in [-0.4, -0.2) is 36.6 Å². The van der Waals surface area contributed by atoms with E-state index in [4.69, 9.17) is 0 Å². The second kappa shape index (κ2) is 10.0. The lowest BCUT2D eigenvalue weighted by Crippen LogP contribution is -2.42. The van der Waals surface area contributed by atoms with Crippen LogP contribution in [0.4, 0.5) is 5.82 Å². The molecule has 1 fully saturated rings. The smallest absolute Gasteiger partial charge is 0.191 e. The number of hydrogen-bond acceptors (Lipinski definition) is 3. The van der Waals surface area contributed by atoms with Gasteiger partial charge in [-0.25, -0.2) is 4.98 Å². The predicted octanol–water partition coefficient (Wildman–Crippen LogP) is 2.77. The summed E-state index contributed by atoms with van der Waals surface area (Å²) in [5.74, 6) is 1.93. The third-order valence-corrected chi connectivity index (χ3v) is 3.87. The average molecular weight is 303 g/mol. The van der Waals surface area contributed by atoms with Crippen molar-refractivity contribution in [3.63, 3.8) is 0 Å². The van der Waals surface area contributed by atoms with Crippen molar-refractivity contribution in [1.82, 2.24) is 15.6 Å². The third kappa shape index (κ3) is 6.33. The molecule has 1 aromatic rings. The van der Waals surface area contributed by atoms with E-state index < -0.39 is 0 Å². The Balaban J connectivity index is 1.61. The Morgan fingerprint density at radius 3 is 2.86 bits per heavy atom. The molecule has 5 nitrogen and oxygen atoms in total. The molecule has 0 atom stereocenters. The van der Waals surface area contributed by atoms with Gasteiger partial charge in [0, 0.05) is 31.9 Å². The summed E-state index contributed by atoms with van der Waals surface area (Å²) in [6.45, 7) is 4.84. The van der Waals surface area contributed by atoms with Crippen molar-refractivity contribution >= 4 is 11.8 Å². The van der Waals surface area contributed by atoms with Crippen LogP contribution in [0.2, 0.25) is 0 Å². The minimum Gasteiger partial charge on any atom is -0.370 e. The second-order valence-electron chi connectivity index (χ2n) is 5.74. The Hall–Kier alpha value is -1.78. The van der Waals surface area contributed by atoms with Gasteiger partial charge in [-0.05, 0) is 44.7 Å². The Labute approximate surface area is 134 Å². The SMILES string of the molecule is CCNC(=NCCCCNc1ccccn1)NC1CCCC1. The van der Waals surface area contributed by atoms with Gasteiger partial charge in [0.15, 0.2) is 5.96 Å². The van der Waals surface area contributed by atoms with E-state index in [0.717, 1.165) is 44.3 Å². The summed E-state index contributed by atoms with van der Waals surface area (Å²) in [5.41, 5.74) is 0. The van der Waals surface area contributed by atoms with Gasteiger partial charge in [-0.2, -0.15) is 0 Å². The lowest BCUT2D eigenvalue weighted by Gasteiger charge is -2.16. The van der Waals surface area contributed by atoms with Crippen molar-refractivity contribution in [3.05, 3.63) is 24.4 Å². The van der Waals surface area contributed by atoms with Crippen LogP contribution >= 0.6 is 0 Å². The molecule has 5 heteroatoms. The van der Waals surface area contributed by atoms with Crippen LogP contribution in [0, 0.1) is 0 Å². The molecule has 2 rings (SSSR count). The van der Waals surface area contributed by atoms with Crippen LogP contribution in [-0.2, 0) is 0 Å². The number of nitrogens with zero attached hydrogens (tertiary/aromatic N) is 2. The zero-order valence-corrected chi connectivity index (χ0v) is 13.6. The number of anilines is 1. The number of rotatable bonds is 8. The molecule has 22 heavy (non-hydrogen) atoms. The van der Waals surface area contributed by atoms with Crippen molar-refractivity contribution in [2.24, 2.45) is 4.99 Å². The van der Waals surface area contributed by atoms with E-state index in [9.17, 15) is 0 Å². The quantitative estimate of drug-likeness (QED) is 0.393. The van der Waals surface area contributed by atoms with Gasteiger partial charge in [-0.3, -0.25) is 4.99 Å². The van der Waals surface area contributed by atoms with Crippen molar-refractivity contribution in [2.45, 2.75) is 51.5 Å². The topological polar surface area (TPSA) is 61.3 Å². The summed E-state index contributed by atoms with van der Waals surface area (Å²) in [6, 6.07) is 6.53. The second-order valence-corrected chi connectivity index (χ2v) is 5.74. The largest absolute Gasteiger partial charge is 0.370 e. The van der Waals surface area contributed by atoms with Gasteiger partial charge in [-0.1, -0.05) is 18.9 Å². The first kappa shape index (κ1) is 16.6. The van der Waals surface area contributed by atoms with Crippen LogP contribution in [0.25, 0.3) is 0 Å². The van der Waals surface area contributed by atoms with E-state index >= 15 is 0 Å². The van der Waals surface area contributed by atoms with Gasteiger partial charge >= 0.3 is 0 Å². The fourth-order valence-corrected chi connectivity index (χ4v) is 2.69. The standard InChI is InChI=1S/C17H29N5/c1-2-18-17(22-15-9-3-4-10-15)21-14-8-7-13-20-16-11-5-6-12-19-16/h5-6,11-12,15H,2-4,7-10,13-14H2,1H3,(H,19,20)(H2,18,21,22). The number of hydrogen-bond donors (Lipinski definition) is 3. The number of aromatic nitrogens is 1. The first-order valence-corrected chi connectivity index (χ1v) is 8.58. The van der Waals surface area contributed by atoms with Gasteiger partial charge < -0.3 is 16.0 Å². The molecule has 1 aliphatic rings.